The van der Waals surface area contributed by atoms with E-state index in [0.717, 1.165) is 0 Å². The molecule has 1 unspecified atom stereocenters. The van der Waals surface area contributed by atoms with Gasteiger partial charge in [0.2, 0.25) is 11.8 Å². The van der Waals surface area contributed by atoms with E-state index in [1.807, 2.05) is 0 Å². The average molecular weight is 464 g/mol. The monoisotopic (exact) mass is 463 g/mol. The summed E-state index contributed by atoms with van der Waals surface area (Å²) < 4.78 is 9.92. The van der Waals surface area contributed by atoms with Gasteiger partial charge in [-0.2, -0.15) is 0 Å². The number of esters is 1. The first-order chi connectivity index (χ1) is 15.6. The molecule has 182 valence electrons. The van der Waals surface area contributed by atoms with Crippen molar-refractivity contribution >= 4 is 29.5 Å². The SMILES string of the molecule is CCOC(=O)C(=O)C(C(C)C)N1CCC[C@H]1C(=O)NC(=O)[C@@H](NC(=O)c1ccco1)C(C)C. The van der Waals surface area contributed by atoms with Crippen molar-refractivity contribution in [2.45, 2.75) is 65.6 Å². The van der Waals surface area contributed by atoms with Crippen molar-refractivity contribution in [3.63, 3.8) is 0 Å². The molecule has 0 bridgehead atoms. The Morgan fingerprint density at radius 2 is 1.85 bits per heavy atom. The Kier molecular flexibility index (Phi) is 9.33. The van der Waals surface area contributed by atoms with E-state index >= 15 is 0 Å². The van der Waals surface area contributed by atoms with E-state index in [1.54, 1.807) is 45.6 Å². The van der Waals surface area contributed by atoms with Crippen LogP contribution in [0.4, 0.5) is 0 Å². The number of Topliss-reactive ketones (excluding diaryl/α,β-unsaturated/α-hetero) is 1. The molecule has 1 aliphatic heterocycles. The number of nitrogens with one attached hydrogen (secondary N) is 2. The fraction of sp³-hybridized carbons (Fsp3) is 0.609. The Morgan fingerprint density at radius 1 is 1.15 bits per heavy atom. The Balaban J connectivity index is 2.12. The molecule has 2 rings (SSSR count). The van der Waals surface area contributed by atoms with Crippen LogP contribution in [-0.4, -0.2) is 65.7 Å². The van der Waals surface area contributed by atoms with Gasteiger partial charge in [-0.3, -0.25) is 29.4 Å². The molecule has 0 saturated carbocycles. The lowest BCUT2D eigenvalue weighted by Gasteiger charge is -2.33. The third kappa shape index (κ3) is 6.50. The standard InChI is InChI=1S/C23H33N3O7/c1-6-32-23(31)19(27)18(14(4)5)26-11-7-9-15(26)20(28)25-22(30)17(13(2)3)24-21(29)16-10-8-12-33-16/h8,10,12-15,17-18H,6-7,9,11H2,1-5H3,(H,24,29)(H,25,28,30)/t15-,17-,18?/m0/s1. The second kappa shape index (κ2) is 11.7. The maximum Gasteiger partial charge on any atom is 0.376 e. The quantitative estimate of drug-likeness (QED) is 0.392. The minimum atomic E-state index is -0.969. The Hall–Kier alpha value is -3.01. The van der Waals surface area contributed by atoms with Gasteiger partial charge in [0.15, 0.2) is 5.76 Å². The zero-order chi connectivity index (χ0) is 24.7. The third-order valence-corrected chi connectivity index (χ3v) is 5.56. The van der Waals surface area contributed by atoms with E-state index in [9.17, 15) is 24.0 Å². The van der Waals surface area contributed by atoms with Crippen molar-refractivity contribution < 1.29 is 33.1 Å². The fourth-order valence-corrected chi connectivity index (χ4v) is 4.00. The number of hydrogen-bond acceptors (Lipinski definition) is 8. The second-order valence-electron chi connectivity index (χ2n) is 8.70. The number of carbonyl (C=O) groups excluding carboxylic acids is 5. The predicted molar refractivity (Wildman–Crippen MR) is 118 cm³/mol. The van der Waals surface area contributed by atoms with E-state index in [2.05, 4.69) is 10.6 Å². The molecule has 3 amide bonds. The van der Waals surface area contributed by atoms with Crippen LogP contribution >= 0.6 is 0 Å². The molecular weight excluding hydrogens is 430 g/mol. The molecule has 0 spiro atoms. The Bertz CT molecular complexity index is 863. The van der Waals surface area contributed by atoms with Gasteiger partial charge < -0.3 is 14.5 Å². The van der Waals surface area contributed by atoms with Gasteiger partial charge in [-0.1, -0.05) is 27.7 Å². The summed E-state index contributed by atoms with van der Waals surface area (Å²) in [6.45, 7) is 9.19. The van der Waals surface area contributed by atoms with Crippen molar-refractivity contribution in [1.82, 2.24) is 15.5 Å². The molecule has 1 aromatic heterocycles. The summed E-state index contributed by atoms with van der Waals surface area (Å²) in [6, 6.07) is 0.466. The van der Waals surface area contributed by atoms with Gasteiger partial charge in [0.05, 0.1) is 25.0 Å². The normalized spacial score (nSPS) is 18.1. The lowest BCUT2D eigenvalue weighted by Crippen LogP contribution is -2.57. The van der Waals surface area contributed by atoms with Crippen LogP contribution in [0.25, 0.3) is 0 Å². The van der Waals surface area contributed by atoms with Crippen molar-refractivity contribution in [3.8, 4) is 0 Å². The first kappa shape index (κ1) is 26.2. The van der Waals surface area contributed by atoms with E-state index in [-0.39, 0.29) is 24.2 Å². The van der Waals surface area contributed by atoms with Crippen LogP contribution in [0.5, 0.6) is 0 Å². The molecule has 1 fully saturated rings. The molecule has 10 nitrogen and oxygen atoms in total. The molecular formula is C23H33N3O7. The number of nitrogens with zero attached hydrogens (tertiary/aromatic N) is 1. The average Bonchev–Trinajstić information content (AvgIpc) is 3.43. The van der Waals surface area contributed by atoms with E-state index in [1.165, 1.54) is 12.3 Å². The van der Waals surface area contributed by atoms with Gasteiger partial charge in [-0.25, -0.2) is 4.79 Å². The molecule has 0 aliphatic carbocycles. The minimum Gasteiger partial charge on any atom is -0.460 e. The van der Waals surface area contributed by atoms with Crippen LogP contribution in [-0.2, 0) is 23.9 Å². The first-order valence-corrected chi connectivity index (χ1v) is 11.2. The molecule has 0 radical (unpaired) electrons. The van der Waals surface area contributed by atoms with Gasteiger partial charge in [0, 0.05) is 0 Å². The highest BCUT2D eigenvalue weighted by molar-refractivity contribution is 6.35. The van der Waals surface area contributed by atoms with E-state index in [4.69, 9.17) is 9.15 Å². The molecule has 1 aliphatic rings. The summed E-state index contributed by atoms with van der Waals surface area (Å²) >= 11 is 0. The smallest absolute Gasteiger partial charge is 0.376 e. The summed E-state index contributed by atoms with van der Waals surface area (Å²) in [6.07, 6.45) is 2.41. The highest BCUT2D eigenvalue weighted by atomic mass is 16.5. The van der Waals surface area contributed by atoms with Gasteiger partial charge >= 0.3 is 5.97 Å². The summed E-state index contributed by atoms with van der Waals surface area (Å²) in [7, 11) is 0. The summed E-state index contributed by atoms with van der Waals surface area (Å²) in [5, 5.41) is 4.97. The lowest BCUT2D eigenvalue weighted by atomic mass is 9.96. The molecule has 0 aromatic carbocycles. The van der Waals surface area contributed by atoms with Crippen LogP contribution in [0.3, 0.4) is 0 Å². The number of imide groups is 1. The van der Waals surface area contributed by atoms with E-state index < -0.39 is 47.6 Å². The van der Waals surface area contributed by atoms with E-state index in [0.29, 0.717) is 19.4 Å². The van der Waals surface area contributed by atoms with Crippen molar-refractivity contribution in [2.24, 2.45) is 11.8 Å². The highest BCUT2D eigenvalue weighted by Gasteiger charge is 2.43. The summed E-state index contributed by atoms with van der Waals surface area (Å²) in [5.74, 6) is -3.92. The first-order valence-electron chi connectivity index (χ1n) is 11.2. The fourth-order valence-electron chi connectivity index (χ4n) is 4.00. The Morgan fingerprint density at radius 3 is 2.39 bits per heavy atom. The molecule has 3 atom stereocenters. The number of amides is 3. The third-order valence-electron chi connectivity index (χ3n) is 5.56. The number of likely N-dealkylation sites (tertiary alicyclic amines) is 1. The van der Waals surface area contributed by atoms with Crippen LogP contribution in [0.15, 0.2) is 22.8 Å². The molecule has 33 heavy (non-hydrogen) atoms. The van der Waals surface area contributed by atoms with Gasteiger partial charge in [-0.15, -0.1) is 0 Å². The number of ether oxygens (including phenoxy) is 1. The second-order valence-corrected chi connectivity index (χ2v) is 8.70. The van der Waals surface area contributed by atoms with Gasteiger partial charge in [0.1, 0.15) is 6.04 Å². The summed E-state index contributed by atoms with van der Waals surface area (Å²) in [4.78, 5) is 64.6. The molecule has 2 heterocycles. The maximum atomic E-state index is 13.0. The zero-order valence-corrected chi connectivity index (χ0v) is 19.8. The molecule has 2 N–H and O–H groups in total. The number of rotatable bonds is 10. The van der Waals surface area contributed by atoms with Crippen LogP contribution < -0.4 is 10.6 Å². The van der Waals surface area contributed by atoms with Crippen molar-refractivity contribution in [1.29, 1.82) is 0 Å². The number of carbonyl (C=O) groups is 5. The van der Waals surface area contributed by atoms with Crippen LogP contribution in [0, 0.1) is 11.8 Å². The van der Waals surface area contributed by atoms with Crippen LogP contribution in [0.1, 0.15) is 58.0 Å². The molecule has 1 aromatic rings. The number of ketones is 1. The van der Waals surface area contributed by atoms with Crippen molar-refractivity contribution in [2.75, 3.05) is 13.2 Å². The van der Waals surface area contributed by atoms with Gasteiger partial charge in [0.25, 0.3) is 11.7 Å². The van der Waals surface area contributed by atoms with Crippen molar-refractivity contribution in [3.05, 3.63) is 24.2 Å². The number of hydrogen-bond donors (Lipinski definition) is 2. The summed E-state index contributed by atoms with van der Waals surface area (Å²) in [5.41, 5.74) is 0. The zero-order valence-electron chi connectivity index (χ0n) is 19.8. The predicted octanol–water partition coefficient (Wildman–Crippen LogP) is 1.30. The maximum absolute atomic E-state index is 13.0. The topological polar surface area (TPSA) is 135 Å². The highest BCUT2D eigenvalue weighted by Crippen LogP contribution is 2.25. The molecule has 10 heteroatoms. The van der Waals surface area contributed by atoms with Crippen LogP contribution in [0.2, 0.25) is 0 Å². The molecule has 1 saturated heterocycles. The Labute approximate surface area is 193 Å². The lowest BCUT2D eigenvalue weighted by molar-refractivity contribution is -0.157. The largest absolute Gasteiger partial charge is 0.460 e. The number of furan rings is 1. The van der Waals surface area contributed by atoms with Gasteiger partial charge in [-0.05, 0) is 50.3 Å². The minimum absolute atomic E-state index is 0.0546.